The predicted molar refractivity (Wildman–Crippen MR) is 86.3 cm³/mol. The Bertz CT molecular complexity index is 606. The summed E-state index contributed by atoms with van der Waals surface area (Å²) in [5.41, 5.74) is 3.43. The van der Waals surface area contributed by atoms with E-state index in [1.54, 1.807) is 9.80 Å². The van der Waals surface area contributed by atoms with Crippen molar-refractivity contribution in [1.29, 1.82) is 0 Å². The van der Waals surface area contributed by atoms with E-state index in [0.717, 1.165) is 61.5 Å². The van der Waals surface area contributed by atoms with Crippen LogP contribution in [-0.2, 0) is 0 Å². The molecule has 2 fully saturated rings. The van der Waals surface area contributed by atoms with Crippen molar-refractivity contribution >= 4 is 23.4 Å². The highest BCUT2D eigenvalue weighted by molar-refractivity contribution is 5.95. The highest BCUT2D eigenvalue weighted by Crippen LogP contribution is 2.28. The van der Waals surface area contributed by atoms with Gasteiger partial charge < -0.3 is 20.4 Å². The number of hydrogen-bond acceptors (Lipinski definition) is 2. The van der Waals surface area contributed by atoms with Crippen LogP contribution in [0.1, 0.15) is 24.0 Å². The van der Waals surface area contributed by atoms with Gasteiger partial charge in [-0.2, -0.15) is 0 Å². The zero-order chi connectivity index (χ0) is 15.7. The number of hydrogen-bond donors (Lipinski definition) is 2. The summed E-state index contributed by atoms with van der Waals surface area (Å²) < 4.78 is 0. The van der Waals surface area contributed by atoms with Crippen molar-refractivity contribution in [2.75, 3.05) is 36.8 Å². The zero-order valence-electron chi connectivity index (χ0n) is 13.1. The minimum atomic E-state index is -0.0711. The summed E-state index contributed by atoms with van der Waals surface area (Å²) in [6, 6.07) is 3.67. The first-order valence-corrected chi connectivity index (χ1v) is 7.78. The molecule has 2 N–H and O–H groups in total. The molecule has 3 rings (SSSR count). The van der Waals surface area contributed by atoms with Crippen LogP contribution in [0.5, 0.6) is 0 Å². The van der Waals surface area contributed by atoms with E-state index in [-0.39, 0.29) is 12.1 Å². The number of rotatable bonds is 2. The van der Waals surface area contributed by atoms with Crippen molar-refractivity contribution in [3.8, 4) is 0 Å². The van der Waals surface area contributed by atoms with Gasteiger partial charge in [0.25, 0.3) is 0 Å². The number of nitrogens with one attached hydrogen (secondary N) is 2. The number of carbonyl (C=O) groups excluding carboxylic acids is 2. The van der Waals surface area contributed by atoms with E-state index in [2.05, 4.69) is 10.6 Å². The highest BCUT2D eigenvalue weighted by Gasteiger charge is 2.23. The molecule has 0 spiro atoms. The molecule has 2 heterocycles. The second-order valence-corrected chi connectivity index (χ2v) is 5.97. The van der Waals surface area contributed by atoms with Crippen LogP contribution in [0.3, 0.4) is 0 Å². The lowest BCUT2D eigenvalue weighted by Gasteiger charge is -2.32. The molecule has 2 aliphatic rings. The van der Waals surface area contributed by atoms with E-state index >= 15 is 0 Å². The Morgan fingerprint density at radius 3 is 1.95 bits per heavy atom. The molecule has 4 amide bonds. The molecular formula is C16H22N4O2. The third-order valence-electron chi connectivity index (χ3n) is 4.43. The van der Waals surface area contributed by atoms with Gasteiger partial charge in [-0.3, -0.25) is 0 Å². The number of aryl methyl sites for hydroxylation is 1. The number of anilines is 2. The zero-order valence-corrected chi connectivity index (χ0v) is 13.1. The van der Waals surface area contributed by atoms with E-state index in [9.17, 15) is 9.59 Å². The third kappa shape index (κ3) is 2.73. The summed E-state index contributed by atoms with van der Waals surface area (Å²) in [6.07, 6.45) is 2.13. The van der Waals surface area contributed by atoms with Crippen LogP contribution >= 0.6 is 0 Å². The monoisotopic (exact) mass is 302 g/mol. The number of amides is 4. The van der Waals surface area contributed by atoms with E-state index in [1.807, 2.05) is 26.0 Å². The summed E-state index contributed by atoms with van der Waals surface area (Å²) in [5, 5.41) is 5.91. The molecule has 0 saturated carbocycles. The number of benzene rings is 1. The van der Waals surface area contributed by atoms with E-state index in [4.69, 9.17) is 0 Å². The topological polar surface area (TPSA) is 64.7 Å². The fourth-order valence-corrected chi connectivity index (χ4v) is 2.59. The third-order valence-corrected chi connectivity index (χ3v) is 4.43. The van der Waals surface area contributed by atoms with Gasteiger partial charge >= 0.3 is 12.1 Å². The van der Waals surface area contributed by atoms with Gasteiger partial charge in [-0.25, -0.2) is 9.59 Å². The Balaban J connectivity index is 1.75. The maximum Gasteiger partial charge on any atom is 0.321 e. The molecule has 1 aromatic rings. The van der Waals surface area contributed by atoms with Gasteiger partial charge in [-0.15, -0.1) is 0 Å². The molecule has 1 aromatic carbocycles. The van der Waals surface area contributed by atoms with E-state index < -0.39 is 0 Å². The number of urea groups is 2. The van der Waals surface area contributed by atoms with Crippen LogP contribution in [-0.4, -0.2) is 48.0 Å². The van der Waals surface area contributed by atoms with Gasteiger partial charge in [-0.1, -0.05) is 6.07 Å². The smallest absolute Gasteiger partial charge is 0.321 e. The summed E-state index contributed by atoms with van der Waals surface area (Å²) in [7, 11) is 0. The first-order chi connectivity index (χ1) is 10.6. The van der Waals surface area contributed by atoms with E-state index in [1.165, 1.54) is 0 Å². The summed E-state index contributed by atoms with van der Waals surface area (Å²) in [5.74, 6) is 0. The van der Waals surface area contributed by atoms with Crippen molar-refractivity contribution in [1.82, 2.24) is 9.80 Å². The Kier molecular flexibility index (Phi) is 3.92. The summed E-state index contributed by atoms with van der Waals surface area (Å²) in [4.78, 5) is 27.7. The molecule has 22 heavy (non-hydrogen) atoms. The number of likely N-dealkylation sites (tertiary alicyclic amines) is 2. The van der Waals surface area contributed by atoms with Crippen LogP contribution in [0.4, 0.5) is 21.0 Å². The standard InChI is InChI=1S/C16H22N4O2/c1-11-5-6-13(17-15(21)19-7-3-8-19)12(2)14(11)18-16(22)20-9-4-10-20/h5-6H,3-4,7-10H2,1-2H3,(H,17,21)(H,18,22). The average Bonchev–Trinajstić information content (AvgIpc) is 2.33. The Morgan fingerprint density at radius 1 is 0.909 bits per heavy atom. The Morgan fingerprint density at radius 2 is 1.45 bits per heavy atom. The van der Waals surface area contributed by atoms with Crippen molar-refractivity contribution in [3.05, 3.63) is 23.3 Å². The fourth-order valence-electron chi connectivity index (χ4n) is 2.59. The lowest BCUT2D eigenvalue weighted by molar-refractivity contribution is 0.180. The van der Waals surface area contributed by atoms with Gasteiger partial charge in [0.05, 0.1) is 5.69 Å². The van der Waals surface area contributed by atoms with Crippen LogP contribution in [0.2, 0.25) is 0 Å². The van der Waals surface area contributed by atoms with Gasteiger partial charge in [0.1, 0.15) is 0 Å². The van der Waals surface area contributed by atoms with Gasteiger partial charge in [0.15, 0.2) is 0 Å². The first-order valence-electron chi connectivity index (χ1n) is 7.78. The molecule has 0 bridgehead atoms. The van der Waals surface area contributed by atoms with Gasteiger partial charge in [0, 0.05) is 31.9 Å². The predicted octanol–water partition coefficient (Wildman–Crippen LogP) is 2.78. The second kappa shape index (κ2) is 5.87. The maximum atomic E-state index is 12.1. The summed E-state index contributed by atoms with van der Waals surface area (Å²) in [6.45, 7) is 7.14. The van der Waals surface area contributed by atoms with Crippen LogP contribution in [0.25, 0.3) is 0 Å². The van der Waals surface area contributed by atoms with Gasteiger partial charge in [-0.05, 0) is 43.9 Å². The van der Waals surface area contributed by atoms with Crippen LogP contribution < -0.4 is 10.6 Å². The maximum absolute atomic E-state index is 12.1. The second-order valence-electron chi connectivity index (χ2n) is 5.97. The Hall–Kier alpha value is -2.24. The molecule has 2 saturated heterocycles. The van der Waals surface area contributed by atoms with Gasteiger partial charge in [0.2, 0.25) is 0 Å². The van der Waals surface area contributed by atoms with E-state index in [0.29, 0.717) is 0 Å². The first kappa shape index (κ1) is 14.7. The normalized spacial score (nSPS) is 16.6. The highest BCUT2D eigenvalue weighted by atomic mass is 16.2. The van der Waals surface area contributed by atoms with Crippen molar-refractivity contribution in [2.45, 2.75) is 26.7 Å². The van der Waals surface area contributed by atoms with Crippen molar-refractivity contribution in [2.24, 2.45) is 0 Å². The lowest BCUT2D eigenvalue weighted by atomic mass is 10.1. The molecule has 2 aliphatic heterocycles. The molecular weight excluding hydrogens is 280 g/mol. The minimum Gasteiger partial charge on any atom is -0.324 e. The molecule has 0 aliphatic carbocycles. The quantitative estimate of drug-likeness (QED) is 0.882. The molecule has 6 nitrogen and oxygen atoms in total. The SMILES string of the molecule is Cc1ccc(NC(=O)N2CCC2)c(C)c1NC(=O)N1CCC1. The fraction of sp³-hybridized carbons (Fsp3) is 0.500. The summed E-state index contributed by atoms with van der Waals surface area (Å²) >= 11 is 0. The van der Waals surface area contributed by atoms with Crippen LogP contribution in [0.15, 0.2) is 12.1 Å². The molecule has 0 radical (unpaired) electrons. The molecule has 6 heteroatoms. The molecule has 0 atom stereocenters. The molecule has 118 valence electrons. The number of nitrogens with zero attached hydrogens (tertiary/aromatic N) is 2. The molecule has 0 unspecified atom stereocenters. The molecule has 0 aromatic heterocycles. The minimum absolute atomic E-state index is 0.0660. The largest absolute Gasteiger partial charge is 0.324 e. The lowest BCUT2D eigenvalue weighted by Crippen LogP contribution is -2.45. The van der Waals surface area contributed by atoms with Crippen molar-refractivity contribution in [3.63, 3.8) is 0 Å². The van der Waals surface area contributed by atoms with Crippen LogP contribution in [0, 0.1) is 13.8 Å². The van der Waals surface area contributed by atoms with Crippen molar-refractivity contribution < 1.29 is 9.59 Å². The number of carbonyl (C=O) groups is 2. The Labute approximate surface area is 130 Å². The average molecular weight is 302 g/mol.